The molecule has 0 aliphatic heterocycles. The number of rotatable bonds is 6. The number of aromatic nitrogens is 2. The quantitative estimate of drug-likeness (QED) is 0.753. The second kappa shape index (κ2) is 5.27. The molecule has 2 atom stereocenters. The molecule has 1 saturated carbocycles. The summed E-state index contributed by atoms with van der Waals surface area (Å²) in [5, 5.41) is 4.02. The number of alkyl halides is 1. The largest absolute Gasteiger partial charge is 0.370 e. The molecular formula is C11H17BrN2O2. The molecule has 0 N–H and O–H groups in total. The molecule has 0 amide bonds. The molecule has 16 heavy (non-hydrogen) atoms. The molecular weight excluding hydrogens is 272 g/mol. The Morgan fingerprint density at radius 1 is 1.50 bits per heavy atom. The normalized spacial score (nSPS) is 19.7. The van der Waals surface area contributed by atoms with Crippen LogP contribution in [0.4, 0.5) is 0 Å². The highest BCUT2D eigenvalue weighted by Gasteiger charge is 2.36. The Morgan fingerprint density at radius 3 is 2.81 bits per heavy atom. The third kappa shape index (κ3) is 2.63. The van der Waals surface area contributed by atoms with Gasteiger partial charge >= 0.3 is 0 Å². The van der Waals surface area contributed by atoms with Crippen molar-refractivity contribution in [1.82, 2.24) is 10.1 Å². The summed E-state index contributed by atoms with van der Waals surface area (Å²) in [4.78, 5) is 4.56. The van der Waals surface area contributed by atoms with Gasteiger partial charge in [-0.1, -0.05) is 28.0 Å². The molecule has 90 valence electrons. The van der Waals surface area contributed by atoms with E-state index in [1.165, 1.54) is 12.8 Å². The van der Waals surface area contributed by atoms with Crippen LogP contribution in [0, 0.1) is 5.92 Å². The van der Waals surface area contributed by atoms with Crippen molar-refractivity contribution in [2.45, 2.75) is 44.0 Å². The number of hydrogen-bond acceptors (Lipinski definition) is 4. The van der Waals surface area contributed by atoms with Crippen molar-refractivity contribution < 1.29 is 9.26 Å². The molecule has 2 rings (SSSR count). The first-order valence-corrected chi connectivity index (χ1v) is 6.77. The number of halogens is 1. The van der Waals surface area contributed by atoms with Crippen LogP contribution in [0.2, 0.25) is 0 Å². The lowest BCUT2D eigenvalue weighted by molar-refractivity contribution is 0.0384. The topological polar surface area (TPSA) is 48.2 Å². The first-order valence-electron chi connectivity index (χ1n) is 5.85. The van der Waals surface area contributed by atoms with Crippen LogP contribution in [0.15, 0.2) is 4.52 Å². The number of nitrogens with zero attached hydrogens (tertiary/aromatic N) is 2. The second-order valence-corrected chi connectivity index (χ2v) is 5.19. The molecule has 0 saturated heterocycles. The van der Waals surface area contributed by atoms with E-state index in [0.29, 0.717) is 24.2 Å². The molecule has 1 aromatic rings. The summed E-state index contributed by atoms with van der Waals surface area (Å²) in [5.41, 5.74) is 0. The predicted octanol–water partition coefficient (Wildman–Crippen LogP) is 3.40. The Bertz CT molecular complexity index is 338. The Balaban J connectivity index is 2.09. The maximum absolute atomic E-state index is 5.68. The van der Waals surface area contributed by atoms with Gasteiger partial charge in [-0.3, -0.25) is 0 Å². The smallest absolute Gasteiger partial charge is 0.240 e. The molecule has 1 aromatic heterocycles. The van der Waals surface area contributed by atoms with Gasteiger partial charge in [0.2, 0.25) is 11.7 Å². The lowest BCUT2D eigenvalue weighted by Gasteiger charge is -2.11. The monoisotopic (exact) mass is 288 g/mol. The molecule has 1 heterocycles. The summed E-state index contributed by atoms with van der Waals surface area (Å²) in [6, 6.07) is 0. The van der Waals surface area contributed by atoms with Gasteiger partial charge in [0.15, 0.2) is 0 Å². The molecule has 0 spiro atoms. The maximum atomic E-state index is 5.68. The third-order valence-electron chi connectivity index (χ3n) is 2.73. The molecule has 0 bridgehead atoms. The summed E-state index contributed by atoms with van der Waals surface area (Å²) < 4.78 is 10.9. The third-order valence-corrected chi connectivity index (χ3v) is 3.77. The Morgan fingerprint density at radius 2 is 2.25 bits per heavy atom. The zero-order valence-electron chi connectivity index (χ0n) is 9.65. The van der Waals surface area contributed by atoms with Crippen molar-refractivity contribution in [2.24, 2.45) is 5.92 Å². The van der Waals surface area contributed by atoms with Gasteiger partial charge in [-0.2, -0.15) is 4.98 Å². The van der Waals surface area contributed by atoms with Crippen LogP contribution in [0.5, 0.6) is 0 Å². The molecule has 1 aliphatic carbocycles. The zero-order chi connectivity index (χ0) is 11.5. The van der Waals surface area contributed by atoms with Crippen LogP contribution >= 0.6 is 15.9 Å². The van der Waals surface area contributed by atoms with Crippen molar-refractivity contribution >= 4 is 15.9 Å². The van der Waals surface area contributed by atoms with Gasteiger partial charge in [0, 0.05) is 6.61 Å². The lowest BCUT2D eigenvalue weighted by Crippen LogP contribution is -2.08. The highest BCUT2D eigenvalue weighted by molar-refractivity contribution is 9.09. The molecule has 1 aliphatic rings. The highest BCUT2D eigenvalue weighted by atomic mass is 79.9. The average Bonchev–Trinajstić information content (AvgIpc) is 3.02. The van der Waals surface area contributed by atoms with Crippen LogP contribution < -0.4 is 0 Å². The minimum atomic E-state index is 0.0269. The minimum absolute atomic E-state index is 0.0269. The SMILES string of the molecule is CCOC(c1noc(C(Br)CC)n1)C1CC1. The van der Waals surface area contributed by atoms with Crippen LogP contribution in [0.1, 0.15) is 55.8 Å². The summed E-state index contributed by atoms with van der Waals surface area (Å²) in [6.07, 6.45) is 3.38. The standard InChI is InChI=1S/C11H17BrN2O2/c1-3-8(12)11-13-10(14-16-11)9(15-4-2)7-5-6-7/h7-9H,3-6H2,1-2H3. The molecule has 5 heteroatoms. The first-order chi connectivity index (χ1) is 7.76. The van der Waals surface area contributed by atoms with Gasteiger partial charge < -0.3 is 9.26 Å². The van der Waals surface area contributed by atoms with Crippen LogP contribution in [0.25, 0.3) is 0 Å². The summed E-state index contributed by atoms with van der Waals surface area (Å²) >= 11 is 3.50. The summed E-state index contributed by atoms with van der Waals surface area (Å²) in [6.45, 7) is 4.76. The van der Waals surface area contributed by atoms with E-state index < -0.39 is 0 Å². The minimum Gasteiger partial charge on any atom is -0.370 e. The Hall–Kier alpha value is -0.420. The highest BCUT2D eigenvalue weighted by Crippen LogP contribution is 2.42. The molecule has 0 aromatic carbocycles. The Labute approximate surface area is 104 Å². The van der Waals surface area contributed by atoms with Crippen LogP contribution in [0.3, 0.4) is 0 Å². The van der Waals surface area contributed by atoms with Crippen molar-refractivity contribution in [3.63, 3.8) is 0 Å². The van der Waals surface area contributed by atoms with E-state index in [4.69, 9.17) is 9.26 Å². The molecule has 1 fully saturated rings. The average molecular weight is 289 g/mol. The van der Waals surface area contributed by atoms with E-state index in [2.05, 4.69) is 33.0 Å². The lowest BCUT2D eigenvalue weighted by atomic mass is 10.2. The number of ether oxygens (including phenoxy) is 1. The van der Waals surface area contributed by atoms with Gasteiger partial charge in [-0.05, 0) is 32.1 Å². The van der Waals surface area contributed by atoms with Crippen molar-refractivity contribution in [3.05, 3.63) is 11.7 Å². The van der Waals surface area contributed by atoms with E-state index in [0.717, 1.165) is 6.42 Å². The van der Waals surface area contributed by atoms with E-state index in [1.54, 1.807) is 0 Å². The van der Waals surface area contributed by atoms with Gasteiger partial charge in [-0.25, -0.2) is 0 Å². The van der Waals surface area contributed by atoms with Crippen LogP contribution in [-0.2, 0) is 4.74 Å². The fourth-order valence-electron chi connectivity index (χ4n) is 1.66. The van der Waals surface area contributed by atoms with Crippen molar-refractivity contribution in [1.29, 1.82) is 0 Å². The van der Waals surface area contributed by atoms with Gasteiger partial charge in [0.1, 0.15) is 6.10 Å². The van der Waals surface area contributed by atoms with Gasteiger partial charge in [0.25, 0.3) is 0 Å². The number of hydrogen-bond donors (Lipinski definition) is 0. The fourth-order valence-corrected chi connectivity index (χ4v) is 1.85. The summed E-state index contributed by atoms with van der Waals surface area (Å²) in [7, 11) is 0. The molecule has 2 unspecified atom stereocenters. The summed E-state index contributed by atoms with van der Waals surface area (Å²) in [5.74, 6) is 1.95. The fraction of sp³-hybridized carbons (Fsp3) is 0.818. The zero-order valence-corrected chi connectivity index (χ0v) is 11.2. The van der Waals surface area contributed by atoms with Crippen LogP contribution in [-0.4, -0.2) is 16.7 Å². The van der Waals surface area contributed by atoms with Gasteiger partial charge in [-0.15, -0.1) is 0 Å². The molecule has 4 nitrogen and oxygen atoms in total. The second-order valence-electron chi connectivity index (χ2n) is 4.08. The predicted molar refractivity (Wildman–Crippen MR) is 63.3 cm³/mol. The van der Waals surface area contributed by atoms with E-state index >= 15 is 0 Å². The molecule has 0 radical (unpaired) electrons. The Kier molecular flexibility index (Phi) is 3.97. The van der Waals surface area contributed by atoms with Gasteiger partial charge in [0.05, 0.1) is 4.83 Å². The van der Waals surface area contributed by atoms with Crippen molar-refractivity contribution in [3.8, 4) is 0 Å². The maximum Gasteiger partial charge on any atom is 0.240 e. The van der Waals surface area contributed by atoms with E-state index in [9.17, 15) is 0 Å². The van der Waals surface area contributed by atoms with Crippen molar-refractivity contribution in [2.75, 3.05) is 6.61 Å². The first kappa shape index (κ1) is 12.0. The van der Waals surface area contributed by atoms with E-state index in [-0.39, 0.29) is 10.9 Å². The van der Waals surface area contributed by atoms with E-state index in [1.807, 2.05) is 6.92 Å².